The standard InChI is InChI=1S/C17H24O11/c1-8(7-18)24-14(20)10(3)26-16(22)12(5)28-17(23)11(4)27-15(21)9(2)25-13(6)19/h7-12H,1-6H3. The number of rotatable bonds is 10. The van der Waals surface area contributed by atoms with Crippen LogP contribution in [0, 0.1) is 0 Å². The smallest absolute Gasteiger partial charge is 0.347 e. The summed E-state index contributed by atoms with van der Waals surface area (Å²) >= 11 is 0. The van der Waals surface area contributed by atoms with E-state index in [4.69, 9.17) is 14.2 Å². The molecular weight excluding hydrogens is 380 g/mol. The summed E-state index contributed by atoms with van der Waals surface area (Å²) in [7, 11) is 0. The van der Waals surface area contributed by atoms with Crippen LogP contribution < -0.4 is 0 Å². The molecule has 11 nitrogen and oxygen atoms in total. The number of hydrogen-bond donors (Lipinski definition) is 0. The van der Waals surface area contributed by atoms with E-state index in [1.54, 1.807) is 0 Å². The molecule has 5 atom stereocenters. The number of carbonyl (C=O) groups excluding carboxylic acids is 6. The van der Waals surface area contributed by atoms with Crippen molar-refractivity contribution in [2.24, 2.45) is 0 Å². The molecule has 0 aliphatic carbocycles. The van der Waals surface area contributed by atoms with E-state index in [9.17, 15) is 28.8 Å². The van der Waals surface area contributed by atoms with E-state index in [1.165, 1.54) is 34.6 Å². The highest BCUT2D eigenvalue weighted by Crippen LogP contribution is 2.07. The molecule has 0 aliphatic rings. The lowest BCUT2D eigenvalue weighted by molar-refractivity contribution is -0.185. The van der Waals surface area contributed by atoms with E-state index in [0.717, 1.165) is 6.92 Å². The zero-order valence-electron chi connectivity index (χ0n) is 16.5. The molecule has 0 radical (unpaired) electrons. The molecule has 0 amide bonds. The maximum Gasteiger partial charge on any atom is 0.347 e. The van der Waals surface area contributed by atoms with Crippen LogP contribution in [0.15, 0.2) is 0 Å². The minimum atomic E-state index is -1.42. The third-order valence-corrected chi connectivity index (χ3v) is 3.04. The summed E-state index contributed by atoms with van der Waals surface area (Å²) < 4.78 is 23.7. The third-order valence-electron chi connectivity index (χ3n) is 3.04. The molecule has 0 bridgehead atoms. The maximum absolute atomic E-state index is 11.9. The van der Waals surface area contributed by atoms with Gasteiger partial charge in [-0.15, -0.1) is 0 Å². The summed E-state index contributed by atoms with van der Waals surface area (Å²) in [6.45, 7) is 7.28. The van der Waals surface area contributed by atoms with Gasteiger partial charge in [-0.2, -0.15) is 0 Å². The SMILES string of the molecule is CC(=O)OC(C)C(=O)OC(C)C(=O)OC(C)C(=O)OC(C)C(=O)OC(C)C=O. The predicted octanol–water partition coefficient (Wildman–Crippen LogP) is -0.136. The highest BCUT2D eigenvalue weighted by molar-refractivity contribution is 5.85. The first-order valence-electron chi connectivity index (χ1n) is 8.33. The Balaban J connectivity index is 4.56. The quantitative estimate of drug-likeness (QED) is 0.272. The van der Waals surface area contributed by atoms with Gasteiger partial charge in [-0.3, -0.25) is 9.59 Å². The Morgan fingerprint density at radius 2 is 0.857 bits per heavy atom. The number of carbonyl (C=O) groups is 6. The van der Waals surface area contributed by atoms with Gasteiger partial charge in [0.25, 0.3) is 0 Å². The Kier molecular flexibility index (Phi) is 10.4. The lowest BCUT2D eigenvalue weighted by Gasteiger charge is -2.19. The molecule has 0 N–H and O–H groups in total. The molecule has 0 rings (SSSR count). The van der Waals surface area contributed by atoms with Crippen LogP contribution in [0.4, 0.5) is 0 Å². The first kappa shape index (κ1) is 25.0. The summed E-state index contributed by atoms with van der Waals surface area (Å²) in [6, 6.07) is 0. The van der Waals surface area contributed by atoms with Crippen LogP contribution in [0.25, 0.3) is 0 Å². The topological polar surface area (TPSA) is 149 Å². The van der Waals surface area contributed by atoms with E-state index in [1.807, 2.05) is 0 Å². The molecule has 0 aromatic rings. The fraction of sp³-hybridized carbons (Fsp3) is 0.647. The largest absolute Gasteiger partial charge is 0.452 e. The van der Waals surface area contributed by atoms with E-state index in [0.29, 0.717) is 6.29 Å². The van der Waals surface area contributed by atoms with Crippen molar-refractivity contribution in [3.05, 3.63) is 0 Å². The lowest BCUT2D eigenvalue weighted by atomic mass is 10.3. The molecule has 0 saturated heterocycles. The summed E-state index contributed by atoms with van der Waals surface area (Å²) in [4.78, 5) is 68.3. The van der Waals surface area contributed by atoms with Crippen molar-refractivity contribution in [2.75, 3.05) is 0 Å². The minimum absolute atomic E-state index is 0.391. The second-order valence-corrected chi connectivity index (χ2v) is 5.77. The second-order valence-electron chi connectivity index (χ2n) is 5.77. The summed E-state index contributed by atoms with van der Waals surface area (Å²) in [5.41, 5.74) is 0. The van der Waals surface area contributed by atoms with E-state index < -0.39 is 60.4 Å². The summed E-state index contributed by atoms with van der Waals surface area (Å²) in [6.07, 6.45) is -5.99. The maximum atomic E-state index is 11.9. The fourth-order valence-electron chi connectivity index (χ4n) is 1.56. The zero-order chi connectivity index (χ0) is 22.0. The van der Waals surface area contributed by atoms with Gasteiger partial charge in [-0.25, -0.2) is 19.2 Å². The molecule has 28 heavy (non-hydrogen) atoms. The van der Waals surface area contributed by atoms with Crippen molar-refractivity contribution in [3.63, 3.8) is 0 Å². The van der Waals surface area contributed by atoms with E-state index in [-0.39, 0.29) is 0 Å². The number of ether oxygens (including phenoxy) is 5. The first-order valence-corrected chi connectivity index (χ1v) is 8.33. The van der Waals surface area contributed by atoms with Gasteiger partial charge >= 0.3 is 29.8 Å². The first-order chi connectivity index (χ1) is 12.9. The van der Waals surface area contributed by atoms with Gasteiger partial charge in [0.1, 0.15) is 0 Å². The van der Waals surface area contributed by atoms with Crippen molar-refractivity contribution in [3.8, 4) is 0 Å². The van der Waals surface area contributed by atoms with Gasteiger partial charge in [0, 0.05) is 6.92 Å². The van der Waals surface area contributed by atoms with Crippen LogP contribution in [0.1, 0.15) is 41.5 Å². The van der Waals surface area contributed by atoms with Crippen LogP contribution in [-0.4, -0.2) is 66.7 Å². The van der Waals surface area contributed by atoms with Crippen molar-refractivity contribution in [1.29, 1.82) is 0 Å². The van der Waals surface area contributed by atoms with Gasteiger partial charge in [0.05, 0.1) is 0 Å². The molecule has 0 aromatic carbocycles. The lowest BCUT2D eigenvalue weighted by Crippen LogP contribution is -2.38. The Morgan fingerprint density at radius 3 is 1.14 bits per heavy atom. The molecule has 11 heteroatoms. The van der Waals surface area contributed by atoms with Crippen molar-refractivity contribution in [2.45, 2.75) is 72.1 Å². The van der Waals surface area contributed by atoms with Crippen LogP contribution in [0.3, 0.4) is 0 Å². The van der Waals surface area contributed by atoms with Gasteiger partial charge in [-0.05, 0) is 34.6 Å². The van der Waals surface area contributed by atoms with Gasteiger partial charge in [0.2, 0.25) is 0 Å². The Morgan fingerprint density at radius 1 is 0.571 bits per heavy atom. The number of aldehydes is 1. The van der Waals surface area contributed by atoms with Crippen molar-refractivity contribution in [1.82, 2.24) is 0 Å². The normalized spacial score (nSPS) is 15.6. The van der Waals surface area contributed by atoms with Gasteiger partial charge in [0.15, 0.2) is 36.8 Å². The highest BCUT2D eigenvalue weighted by Gasteiger charge is 2.30. The summed E-state index contributed by atoms with van der Waals surface area (Å²) in [5.74, 6) is -4.74. The van der Waals surface area contributed by atoms with Crippen LogP contribution >= 0.6 is 0 Å². The Bertz CT molecular complexity index is 612. The Labute approximate surface area is 161 Å². The molecule has 5 unspecified atom stereocenters. The van der Waals surface area contributed by atoms with Crippen LogP contribution in [-0.2, 0) is 52.5 Å². The molecule has 158 valence electrons. The molecule has 0 saturated carbocycles. The van der Waals surface area contributed by atoms with Gasteiger partial charge in [-0.1, -0.05) is 0 Å². The molecular formula is C17H24O11. The average Bonchev–Trinajstić information content (AvgIpc) is 2.60. The predicted molar refractivity (Wildman–Crippen MR) is 89.5 cm³/mol. The van der Waals surface area contributed by atoms with E-state index in [2.05, 4.69) is 9.47 Å². The van der Waals surface area contributed by atoms with Gasteiger partial charge < -0.3 is 23.7 Å². The monoisotopic (exact) mass is 404 g/mol. The summed E-state index contributed by atoms with van der Waals surface area (Å²) in [5, 5.41) is 0. The third kappa shape index (κ3) is 9.10. The molecule has 0 aliphatic heterocycles. The second kappa shape index (κ2) is 11.7. The molecule has 0 spiro atoms. The van der Waals surface area contributed by atoms with E-state index >= 15 is 0 Å². The zero-order valence-corrected chi connectivity index (χ0v) is 16.5. The van der Waals surface area contributed by atoms with Crippen molar-refractivity contribution >= 4 is 36.1 Å². The Hall–Kier alpha value is -2.98. The molecule has 0 heterocycles. The fourth-order valence-corrected chi connectivity index (χ4v) is 1.56. The molecule has 0 fully saturated rings. The minimum Gasteiger partial charge on any atom is -0.452 e. The average molecular weight is 404 g/mol. The number of esters is 5. The van der Waals surface area contributed by atoms with Crippen LogP contribution in [0.2, 0.25) is 0 Å². The van der Waals surface area contributed by atoms with Crippen LogP contribution in [0.5, 0.6) is 0 Å². The highest BCUT2D eigenvalue weighted by atomic mass is 16.6. The number of hydrogen-bond acceptors (Lipinski definition) is 11. The molecule has 0 aromatic heterocycles. The van der Waals surface area contributed by atoms with Crippen molar-refractivity contribution < 1.29 is 52.5 Å².